The average Bonchev–Trinajstić information content (AvgIpc) is 2.87. The Morgan fingerprint density at radius 1 is 1.36 bits per heavy atom. The summed E-state index contributed by atoms with van der Waals surface area (Å²) in [4.78, 5) is 21.6. The summed E-state index contributed by atoms with van der Waals surface area (Å²) >= 11 is 0.0845. The number of carbonyl (C=O) groups excluding carboxylic acids is 1. The third kappa shape index (κ3) is 3.28. The van der Waals surface area contributed by atoms with Crippen LogP contribution >= 0.6 is 11.3 Å². The number of alkyl halides is 3. The van der Waals surface area contributed by atoms with Gasteiger partial charge in [-0.25, -0.2) is 0 Å². The molecule has 1 heterocycles. The number of anilines is 1. The molecule has 0 aliphatic heterocycles. The van der Waals surface area contributed by atoms with Crippen LogP contribution in [0.1, 0.15) is 15.4 Å². The molecule has 1 aromatic heterocycles. The van der Waals surface area contributed by atoms with Gasteiger partial charge in [-0.05, 0) is 6.07 Å². The van der Waals surface area contributed by atoms with Gasteiger partial charge in [-0.2, -0.15) is 13.2 Å². The summed E-state index contributed by atoms with van der Waals surface area (Å²) in [6.45, 7) is 0. The van der Waals surface area contributed by atoms with E-state index in [0.717, 1.165) is 18.2 Å². The van der Waals surface area contributed by atoms with E-state index in [1.807, 2.05) is 5.32 Å². The molecule has 12 heteroatoms. The summed E-state index contributed by atoms with van der Waals surface area (Å²) in [5.74, 6) is -1.62. The van der Waals surface area contributed by atoms with Crippen molar-refractivity contribution in [2.24, 2.45) is 0 Å². The first-order valence-corrected chi connectivity index (χ1v) is 6.19. The molecule has 2 aromatic rings. The Labute approximate surface area is 123 Å². The number of carbonyl (C=O) groups is 1. The first kappa shape index (κ1) is 15.6. The topological polar surface area (TPSA) is 118 Å². The van der Waals surface area contributed by atoms with Crippen LogP contribution in [0.15, 0.2) is 18.2 Å². The van der Waals surface area contributed by atoms with E-state index in [1.165, 1.54) is 0 Å². The van der Waals surface area contributed by atoms with Gasteiger partial charge in [0.1, 0.15) is 5.75 Å². The van der Waals surface area contributed by atoms with Crippen LogP contribution in [-0.2, 0) is 6.18 Å². The van der Waals surface area contributed by atoms with E-state index in [4.69, 9.17) is 0 Å². The van der Waals surface area contributed by atoms with E-state index in [0.29, 0.717) is 0 Å². The fourth-order valence-electron chi connectivity index (χ4n) is 1.37. The van der Waals surface area contributed by atoms with Crippen LogP contribution in [0.5, 0.6) is 5.75 Å². The standard InChI is InChI=1S/C10H5F3N4O4S/c11-10(12,13)8-15-16-9(22-8)14-7(19)5-3-4(17(20)21)1-2-6(5)18/h1-3,18H,(H,14,16,19). The highest BCUT2D eigenvalue weighted by molar-refractivity contribution is 7.15. The lowest BCUT2D eigenvalue weighted by Gasteiger charge is -2.03. The lowest BCUT2D eigenvalue weighted by molar-refractivity contribution is -0.384. The summed E-state index contributed by atoms with van der Waals surface area (Å²) < 4.78 is 37.0. The van der Waals surface area contributed by atoms with Gasteiger partial charge in [-0.1, -0.05) is 11.3 Å². The van der Waals surface area contributed by atoms with E-state index in [1.54, 1.807) is 0 Å². The number of nitro groups is 1. The zero-order valence-corrected chi connectivity index (χ0v) is 11.1. The third-order valence-electron chi connectivity index (χ3n) is 2.32. The molecule has 0 spiro atoms. The van der Waals surface area contributed by atoms with Crippen molar-refractivity contribution in [2.45, 2.75) is 6.18 Å². The molecule has 0 unspecified atom stereocenters. The Kier molecular flexibility index (Phi) is 3.95. The number of phenols is 1. The number of phenolic OH excluding ortho intramolecular Hbond substituents is 1. The number of aromatic hydroxyl groups is 1. The Bertz CT molecular complexity index is 746. The van der Waals surface area contributed by atoms with Crippen LogP contribution in [0.4, 0.5) is 24.0 Å². The Hall–Kier alpha value is -2.76. The molecule has 2 rings (SSSR count). The lowest BCUT2D eigenvalue weighted by atomic mass is 10.1. The smallest absolute Gasteiger partial charge is 0.445 e. The number of nitro benzene ring substituents is 1. The molecular formula is C10H5F3N4O4S. The number of non-ortho nitro benzene ring substituents is 1. The van der Waals surface area contributed by atoms with Gasteiger partial charge in [0.15, 0.2) is 0 Å². The number of benzene rings is 1. The number of nitrogens with one attached hydrogen (secondary N) is 1. The van der Waals surface area contributed by atoms with Crippen molar-refractivity contribution in [1.29, 1.82) is 0 Å². The van der Waals surface area contributed by atoms with Crippen molar-refractivity contribution in [3.63, 3.8) is 0 Å². The van der Waals surface area contributed by atoms with Crippen LogP contribution in [0.3, 0.4) is 0 Å². The highest BCUT2D eigenvalue weighted by Gasteiger charge is 2.36. The molecule has 2 N–H and O–H groups in total. The summed E-state index contributed by atoms with van der Waals surface area (Å²) in [5, 5.41) is 26.4. The predicted molar refractivity (Wildman–Crippen MR) is 67.6 cm³/mol. The molecule has 8 nitrogen and oxygen atoms in total. The van der Waals surface area contributed by atoms with Gasteiger partial charge in [-0.15, -0.1) is 10.2 Å². The second-order valence-electron chi connectivity index (χ2n) is 3.82. The number of amides is 1. The minimum Gasteiger partial charge on any atom is -0.507 e. The minimum atomic E-state index is -4.70. The predicted octanol–water partition coefficient (Wildman–Crippen LogP) is 2.42. The van der Waals surface area contributed by atoms with Crippen LogP contribution < -0.4 is 5.32 Å². The molecule has 0 bridgehead atoms. The SMILES string of the molecule is O=C(Nc1nnc(C(F)(F)F)s1)c1cc([N+](=O)[O-])ccc1O. The van der Waals surface area contributed by atoms with Gasteiger partial charge in [0.25, 0.3) is 11.6 Å². The molecular weight excluding hydrogens is 329 g/mol. The van der Waals surface area contributed by atoms with Crippen molar-refractivity contribution in [3.8, 4) is 5.75 Å². The minimum absolute atomic E-state index is 0.0845. The highest BCUT2D eigenvalue weighted by atomic mass is 32.1. The average molecular weight is 334 g/mol. The second-order valence-corrected chi connectivity index (χ2v) is 4.80. The number of halogens is 3. The molecule has 0 radical (unpaired) electrons. The zero-order valence-electron chi connectivity index (χ0n) is 10.3. The van der Waals surface area contributed by atoms with Crippen molar-refractivity contribution in [3.05, 3.63) is 38.9 Å². The Morgan fingerprint density at radius 2 is 2.05 bits per heavy atom. The first-order valence-electron chi connectivity index (χ1n) is 5.38. The number of aromatic nitrogens is 2. The van der Waals surface area contributed by atoms with E-state index >= 15 is 0 Å². The number of nitrogens with zero attached hydrogens (tertiary/aromatic N) is 3. The van der Waals surface area contributed by atoms with Gasteiger partial charge < -0.3 is 5.11 Å². The second kappa shape index (κ2) is 5.55. The molecule has 1 aromatic carbocycles. The van der Waals surface area contributed by atoms with Gasteiger partial charge in [0, 0.05) is 12.1 Å². The summed E-state index contributed by atoms with van der Waals surface area (Å²) in [5.41, 5.74) is -0.936. The summed E-state index contributed by atoms with van der Waals surface area (Å²) in [6.07, 6.45) is -4.70. The molecule has 0 aliphatic carbocycles. The molecule has 0 saturated carbocycles. The summed E-state index contributed by atoms with van der Waals surface area (Å²) in [7, 11) is 0. The van der Waals surface area contributed by atoms with Gasteiger partial charge in [0.05, 0.1) is 10.5 Å². The Morgan fingerprint density at radius 3 is 2.59 bits per heavy atom. The zero-order chi connectivity index (χ0) is 16.5. The lowest BCUT2D eigenvalue weighted by Crippen LogP contribution is -2.12. The van der Waals surface area contributed by atoms with Crippen LogP contribution in [0.2, 0.25) is 0 Å². The number of hydrogen-bond acceptors (Lipinski definition) is 7. The molecule has 1 amide bonds. The highest BCUT2D eigenvalue weighted by Crippen LogP contribution is 2.33. The maximum atomic E-state index is 12.3. The van der Waals surface area contributed by atoms with Crippen molar-refractivity contribution in [2.75, 3.05) is 5.32 Å². The van der Waals surface area contributed by atoms with E-state index < -0.39 is 44.1 Å². The number of hydrogen-bond donors (Lipinski definition) is 2. The van der Waals surface area contributed by atoms with E-state index in [2.05, 4.69) is 10.2 Å². The van der Waals surface area contributed by atoms with E-state index in [9.17, 15) is 33.2 Å². The first-order chi connectivity index (χ1) is 10.2. The normalized spacial score (nSPS) is 11.2. The molecule has 0 saturated heterocycles. The summed E-state index contributed by atoms with van der Waals surface area (Å²) in [6, 6.07) is 2.68. The van der Waals surface area contributed by atoms with Crippen molar-refractivity contribution in [1.82, 2.24) is 10.2 Å². The van der Waals surface area contributed by atoms with Crippen LogP contribution in [0, 0.1) is 10.1 Å². The van der Waals surface area contributed by atoms with Crippen LogP contribution in [0.25, 0.3) is 0 Å². The fraction of sp³-hybridized carbons (Fsp3) is 0.100. The quantitative estimate of drug-likeness (QED) is 0.657. The molecule has 0 aliphatic rings. The number of rotatable bonds is 3. The largest absolute Gasteiger partial charge is 0.507 e. The van der Waals surface area contributed by atoms with E-state index in [-0.39, 0.29) is 11.3 Å². The molecule has 22 heavy (non-hydrogen) atoms. The van der Waals surface area contributed by atoms with Gasteiger partial charge >= 0.3 is 6.18 Å². The monoisotopic (exact) mass is 334 g/mol. The fourth-order valence-corrected chi connectivity index (χ4v) is 1.98. The molecule has 0 atom stereocenters. The molecule has 116 valence electrons. The Balaban J connectivity index is 2.24. The van der Waals surface area contributed by atoms with Crippen molar-refractivity contribution < 1.29 is 28.0 Å². The maximum absolute atomic E-state index is 12.3. The van der Waals surface area contributed by atoms with Crippen LogP contribution in [-0.4, -0.2) is 26.1 Å². The maximum Gasteiger partial charge on any atom is 0.445 e. The third-order valence-corrected chi connectivity index (χ3v) is 3.21. The van der Waals surface area contributed by atoms with Gasteiger partial charge in [-0.3, -0.25) is 20.2 Å². The van der Waals surface area contributed by atoms with Gasteiger partial charge in [0.2, 0.25) is 10.1 Å². The van der Waals surface area contributed by atoms with Crippen molar-refractivity contribution >= 4 is 28.1 Å². The molecule has 0 fully saturated rings.